The molecule has 1 saturated carbocycles. The van der Waals surface area contributed by atoms with Crippen LogP contribution in [0, 0.1) is 5.41 Å². The fraction of sp³-hybridized carbons (Fsp3) is 0.500. The summed E-state index contributed by atoms with van der Waals surface area (Å²) in [4.78, 5) is 4.04. The summed E-state index contributed by atoms with van der Waals surface area (Å²) in [5.41, 5.74) is 7.58. The largest absolute Gasteiger partial charge is 0.409 e. The van der Waals surface area contributed by atoms with Crippen LogP contribution in [0.4, 0.5) is 0 Å². The molecule has 5 heteroatoms. The molecule has 0 bridgehead atoms. The Hall–Kier alpha value is -1.62. The summed E-state index contributed by atoms with van der Waals surface area (Å²) in [5.74, 6) is 0.0426. The van der Waals surface area contributed by atoms with Crippen LogP contribution in [0.1, 0.15) is 31.0 Å². The molecule has 1 aromatic rings. The molecule has 5 nitrogen and oxygen atoms in total. The van der Waals surface area contributed by atoms with Crippen molar-refractivity contribution in [3.63, 3.8) is 0 Å². The standard InChI is InChI=1S/C12H18N4O/c1-12(3-4-12)8-14-7-9-2-5-15-10(6-9)11(13)16-17/h2,5-6,14,17H,3-4,7-8H2,1H3,(H2,13,16). The van der Waals surface area contributed by atoms with Crippen LogP contribution in [-0.4, -0.2) is 22.6 Å². The van der Waals surface area contributed by atoms with Crippen molar-refractivity contribution in [2.45, 2.75) is 26.3 Å². The van der Waals surface area contributed by atoms with E-state index in [1.807, 2.05) is 12.1 Å². The summed E-state index contributed by atoms with van der Waals surface area (Å²) >= 11 is 0. The second-order valence-corrected chi connectivity index (χ2v) is 4.95. The first-order valence-corrected chi connectivity index (χ1v) is 5.76. The predicted molar refractivity (Wildman–Crippen MR) is 65.8 cm³/mol. The van der Waals surface area contributed by atoms with Gasteiger partial charge in [0.25, 0.3) is 0 Å². The molecule has 1 fully saturated rings. The van der Waals surface area contributed by atoms with Gasteiger partial charge in [0.2, 0.25) is 0 Å². The molecule has 2 rings (SSSR count). The van der Waals surface area contributed by atoms with E-state index in [9.17, 15) is 0 Å². The Kier molecular flexibility index (Phi) is 3.28. The fourth-order valence-corrected chi connectivity index (χ4v) is 1.67. The molecule has 0 unspecified atom stereocenters. The number of rotatable bonds is 5. The number of nitrogens with zero attached hydrogens (tertiary/aromatic N) is 2. The van der Waals surface area contributed by atoms with Crippen LogP contribution in [0.3, 0.4) is 0 Å². The predicted octanol–water partition coefficient (Wildman–Crippen LogP) is 1.07. The van der Waals surface area contributed by atoms with Crippen LogP contribution < -0.4 is 11.1 Å². The zero-order valence-electron chi connectivity index (χ0n) is 9.98. The third-order valence-electron chi connectivity index (χ3n) is 3.18. The first-order chi connectivity index (χ1) is 8.13. The summed E-state index contributed by atoms with van der Waals surface area (Å²) < 4.78 is 0. The van der Waals surface area contributed by atoms with Gasteiger partial charge in [0.1, 0.15) is 5.69 Å². The van der Waals surface area contributed by atoms with Gasteiger partial charge in [-0.05, 0) is 36.0 Å². The van der Waals surface area contributed by atoms with Crippen LogP contribution in [0.2, 0.25) is 0 Å². The second kappa shape index (κ2) is 4.71. The maximum Gasteiger partial charge on any atom is 0.188 e. The fourth-order valence-electron chi connectivity index (χ4n) is 1.67. The van der Waals surface area contributed by atoms with Crippen molar-refractivity contribution >= 4 is 5.84 Å². The minimum Gasteiger partial charge on any atom is -0.409 e. The number of oxime groups is 1. The SMILES string of the molecule is CC1(CNCc2ccnc(/C(N)=N/O)c2)CC1. The normalized spacial score (nSPS) is 18.1. The van der Waals surface area contributed by atoms with Gasteiger partial charge >= 0.3 is 0 Å². The van der Waals surface area contributed by atoms with Crippen LogP contribution in [0.25, 0.3) is 0 Å². The first-order valence-electron chi connectivity index (χ1n) is 5.76. The summed E-state index contributed by atoms with van der Waals surface area (Å²) in [6.45, 7) is 4.10. The molecule has 1 heterocycles. The second-order valence-electron chi connectivity index (χ2n) is 4.95. The van der Waals surface area contributed by atoms with Gasteiger partial charge in [0.05, 0.1) is 0 Å². The first kappa shape index (κ1) is 11.9. The molecule has 0 atom stereocenters. The lowest BCUT2D eigenvalue weighted by Crippen LogP contribution is -2.22. The van der Waals surface area contributed by atoms with E-state index in [1.165, 1.54) is 12.8 Å². The zero-order chi connectivity index (χ0) is 12.3. The van der Waals surface area contributed by atoms with E-state index in [0.717, 1.165) is 18.7 Å². The van der Waals surface area contributed by atoms with Gasteiger partial charge in [-0.15, -0.1) is 0 Å². The Balaban J connectivity index is 1.92. The van der Waals surface area contributed by atoms with Gasteiger partial charge < -0.3 is 16.3 Å². The maximum absolute atomic E-state index is 8.58. The molecule has 17 heavy (non-hydrogen) atoms. The Morgan fingerprint density at radius 1 is 1.65 bits per heavy atom. The number of amidine groups is 1. The molecule has 0 amide bonds. The lowest BCUT2D eigenvalue weighted by molar-refractivity contribution is 0.318. The molecule has 0 aromatic carbocycles. The number of hydrogen-bond acceptors (Lipinski definition) is 4. The number of aromatic nitrogens is 1. The number of nitrogens with one attached hydrogen (secondary N) is 1. The van der Waals surface area contributed by atoms with Gasteiger partial charge in [-0.2, -0.15) is 0 Å². The molecule has 1 aromatic heterocycles. The van der Waals surface area contributed by atoms with E-state index in [-0.39, 0.29) is 5.84 Å². The summed E-state index contributed by atoms with van der Waals surface area (Å²) in [7, 11) is 0. The van der Waals surface area contributed by atoms with Crippen molar-refractivity contribution in [2.24, 2.45) is 16.3 Å². The highest BCUT2D eigenvalue weighted by atomic mass is 16.4. The smallest absolute Gasteiger partial charge is 0.188 e. The molecule has 1 aliphatic rings. The molecule has 1 aliphatic carbocycles. The molecular weight excluding hydrogens is 216 g/mol. The minimum atomic E-state index is 0.0426. The Labute approximate surface area is 101 Å². The van der Waals surface area contributed by atoms with Gasteiger partial charge in [-0.3, -0.25) is 4.98 Å². The lowest BCUT2D eigenvalue weighted by Gasteiger charge is -2.10. The van der Waals surface area contributed by atoms with Crippen molar-refractivity contribution in [2.75, 3.05) is 6.54 Å². The van der Waals surface area contributed by atoms with Crippen LogP contribution in [0.15, 0.2) is 23.5 Å². The molecule has 0 aliphatic heterocycles. The van der Waals surface area contributed by atoms with E-state index >= 15 is 0 Å². The molecule has 92 valence electrons. The van der Waals surface area contributed by atoms with Crippen molar-refractivity contribution in [3.8, 4) is 0 Å². The van der Waals surface area contributed by atoms with E-state index < -0.39 is 0 Å². The quantitative estimate of drug-likeness (QED) is 0.308. The number of nitrogens with two attached hydrogens (primary N) is 1. The summed E-state index contributed by atoms with van der Waals surface area (Å²) in [5, 5.41) is 14.9. The maximum atomic E-state index is 8.58. The van der Waals surface area contributed by atoms with E-state index in [4.69, 9.17) is 10.9 Å². The van der Waals surface area contributed by atoms with E-state index in [0.29, 0.717) is 11.1 Å². The Morgan fingerprint density at radius 2 is 2.41 bits per heavy atom. The van der Waals surface area contributed by atoms with Gasteiger partial charge in [0, 0.05) is 19.3 Å². The topological polar surface area (TPSA) is 83.5 Å². The highest BCUT2D eigenvalue weighted by molar-refractivity contribution is 5.95. The molecule has 0 spiro atoms. The molecule has 0 saturated heterocycles. The van der Waals surface area contributed by atoms with E-state index in [2.05, 4.69) is 22.4 Å². The molecular formula is C12H18N4O. The number of pyridine rings is 1. The van der Waals surface area contributed by atoms with Gasteiger partial charge in [0.15, 0.2) is 5.84 Å². The van der Waals surface area contributed by atoms with Crippen LogP contribution in [-0.2, 0) is 6.54 Å². The summed E-state index contributed by atoms with van der Waals surface area (Å²) in [6.07, 6.45) is 4.29. The van der Waals surface area contributed by atoms with Gasteiger partial charge in [-0.1, -0.05) is 12.1 Å². The highest BCUT2D eigenvalue weighted by Gasteiger charge is 2.36. The van der Waals surface area contributed by atoms with Crippen molar-refractivity contribution in [1.29, 1.82) is 0 Å². The van der Waals surface area contributed by atoms with Crippen molar-refractivity contribution in [1.82, 2.24) is 10.3 Å². The third-order valence-corrected chi connectivity index (χ3v) is 3.18. The highest BCUT2D eigenvalue weighted by Crippen LogP contribution is 2.44. The Morgan fingerprint density at radius 3 is 3.06 bits per heavy atom. The number of hydrogen-bond donors (Lipinski definition) is 3. The average Bonchev–Trinajstić information content (AvgIpc) is 3.07. The monoisotopic (exact) mass is 234 g/mol. The minimum absolute atomic E-state index is 0.0426. The van der Waals surface area contributed by atoms with Gasteiger partial charge in [-0.25, -0.2) is 0 Å². The van der Waals surface area contributed by atoms with Crippen LogP contribution >= 0.6 is 0 Å². The summed E-state index contributed by atoms with van der Waals surface area (Å²) in [6, 6.07) is 3.76. The average molecular weight is 234 g/mol. The third kappa shape index (κ3) is 3.17. The van der Waals surface area contributed by atoms with Crippen LogP contribution in [0.5, 0.6) is 0 Å². The molecule has 4 N–H and O–H groups in total. The van der Waals surface area contributed by atoms with Crippen molar-refractivity contribution < 1.29 is 5.21 Å². The molecule has 0 radical (unpaired) electrons. The zero-order valence-corrected chi connectivity index (χ0v) is 9.98. The van der Waals surface area contributed by atoms with Crippen molar-refractivity contribution in [3.05, 3.63) is 29.6 Å². The lowest BCUT2D eigenvalue weighted by atomic mass is 10.1. The Bertz CT molecular complexity index is 426. The van der Waals surface area contributed by atoms with E-state index in [1.54, 1.807) is 6.20 Å².